The predicted molar refractivity (Wildman–Crippen MR) is 138 cm³/mol. The molecule has 0 unspecified atom stereocenters. The highest BCUT2D eigenvalue weighted by atomic mass is 15.1. The highest BCUT2D eigenvalue weighted by Crippen LogP contribution is 2.22. The van der Waals surface area contributed by atoms with Crippen molar-refractivity contribution < 1.29 is 0 Å². The third-order valence-corrected chi connectivity index (χ3v) is 6.13. The Morgan fingerprint density at radius 3 is 1.61 bits per heavy atom. The monoisotopic (exact) mass is 432 g/mol. The van der Waals surface area contributed by atoms with E-state index in [2.05, 4.69) is 38.3 Å². The Labute approximate surface area is 193 Å². The van der Waals surface area contributed by atoms with Crippen molar-refractivity contribution >= 4 is 11.8 Å². The minimum atomic E-state index is 0.800. The number of nitrogens with one attached hydrogen (secondary N) is 2. The van der Waals surface area contributed by atoms with Gasteiger partial charge in [-0.3, -0.25) is 0 Å². The van der Waals surface area contributed by atoms with Crippen LogP contribution in [0.2, 0.25) is 0 Å². The Bertz CT molecular complexity index is 544. The van der Waals surface area contributed by atoms with Crippen LogP contribution in [-0.2, 0) is 6.42 Å². The number of hydrogen-bond donors (Lipinski definition) is 2. The molecule has 2 N–H and O–H groups in total. The second-order valence-electron chi connectivity index (χ2n) is 9.16. The van der Waals surface area contributed by atoms with Gasteiger partial charge >= 0.3 is 0 Å². The van der Waals surface area contributed by atoms with Crippen molar-refractivity contribution in [2.75, 3.05) is 23.7 Å². The Morgan fingerprint density at radius 1 is 0.548 bits per heavy atom. The summed E-state index contributed by atoms with van der Waals surface area (Å²) in [5.74, 6) is 1.87. The molecule has 0 radical (unpaired) electrons. The lowest BCUT2D eigenvalue weighted by atomic mass is 10.1. The van der Waals surface area contributed by atoms with Crippen LogP contribution in [0.3, 0.4) is 0 Å². The first kappa shape index (κ1) is 27.7. The fourth-order valence-corrected chi connectivity index (χ4v) is 4.07. The maximum Gasteiger partial charge on any atom is 0.224 e. The van der Waals surface area contributed by atoms with Crippen LogP contribution < -0.4 is 10.6 Å². The third kappa shape index (κ3) is 13.6. The van der Waals surface area contributed by atoms with E-state index in [-0.39, 0.29) is 0 Å². The molecule has 0 amide bonds. The summed E-state index contributed by atoms with van der Waals surface area (Å²) >= 11 is 0. The molecule has 4 nitrogen and oxygen atoms in total. The lowest BCUT2D eigenvalue weighted by molar-refractivity contribution is 0.615. The van der Waals surface area contributed by atoms with E-state index in [4.69, 9.17) is 9.97 Å². The zero-order valence-electron chi connectivity index (χ0n) is 21.3. The van der Waals surface area contributed by atoms with E-state index in [1.807, 2.05) is 0 Å². The number of aromatic nitrogens is 2. The topological polar surface area (TPSA) is 49.8 Å². The highest BCUT2D eigenvalue weighted by molar-refractivity contribution is 5.50. The second-order valence-corrected chi connectivity index (χ2v) is 9.16. The Balaban J connectivity index is 2.56. The van der Waals surface area contributed by atoms with Crippen LogP contribution in [0.5, 0.6) is 0 Å². The van der Waals surface area contributed by atoms with Gasteiger partial charge in [0.25, 0.3) is 0 Å². The summed E-state index contributed by atoms with van der Waals surface area (Å²) < 4.78 is 0. The van der Waals surface area contributed by atoms with Gasteiger partial charge in [0.1, 0.15) is 5.82 Å². The van der Waals surface area contributed by atoms with Gasteiger partial charge in [0.15, 0.2) is 0 Å². The molecule has 0 aliphatic carbocycles. The molecule has 1 aromatic rings. The van der Waals surface area contributed by atoms with E-state index >= 15 is 0 Å². The summed E-state index contributed by atoms with van der Waals surface area (Å²) in [7, 11) is 0. The molecule has 0 spiro atoms. The lowest BCUT2D eigenvalue weighted by Crippen LogP contribution is -2.13. The Kier molecular flexibility index (Phi) is 17.3. The van der Waals surface area contributed by atoms with E-state index in [1.54, 1.807) is 0 Å². The van der Waals surface area contributed by atoms with Crippen LogP contribution in [0.15, 0.2) is 0 Å². The van der Waals surface area contributed by atoms with Gasteiger partial charge in [-0.25, -0.2) is 4.98 Å². The molecule has 0 bridgehead atoms. The SMILES string of the molecule is CCCCCCCCNc1nc(C)c(CCCCCC)c(NCCCCCCCC)n1. The number of unbranched alkanes of at least 4 members (excludes halogenated alkanes) is 13. The molecule has 180 valence electrons. The molecule has 0 aliphatic heterocycles. The van der Waals surface area contributed by atoms with E-state index in [0.29, 0.717) is 0 Å². The first-order chi connectivity index (χ1) is 15.2. The highest BCUT2D eigenvalue weighted by Gasteiger charge is 2.11. The zero-order chi connectivity index (χ0) is 22.6. The lowest BCUT2D eigenvalue weighted by Gasteiger charge is -2.16. The summed E-state index contributed by atoms with van der Waals surface area (Å²) in [6, 6.07) is 0. The quantitative estimate of drug-likeness (QED) is 0.191. The van der Waals surface area contributed by atoms with Gasteiger partial charge in [-0.05, 0) is 32.6 Å². The molecule has 0 aromatic carbocycles. The molecule has 0 saturated heterocycles. The maximum absolute atomic E-state index is 4.89. The van der Waals surface area contributed by atoms with Crippen molar-refractivity contribution in [3.8, 4) is 0 Å². The van der Waals surface area contributed by atoms with E-state index in [9.17, 15) is 0 Å². The van der Waals surface area contributed by atoms with Crippen molar-refractivity contribution in [3.63, 3.8) is 0 Å². The first-order valence-electron chi connectivity index (χ1n) is 13.6. The first-order valence-corrected chi connectivity index (χ1v) is 13.6. The number of hydrogen-bond acceptors (Lipinski definition) is 4. The van der Waals surface area contributed by atoms with Crippen LogP contribution in [0, 0.1) is 6.92 Å². The molecule has 0 aliphatic rings. The standard InChI is InChI=1S/C27H52N4/c1-5-8-11-14-16-19-22-28-26-25(21-18-13-10-7-3)24(4)30-27(31-26)29-23-20-17-15-12-9-6-2/h5-23H2,1-4H3,(H2,28,29,30,31). The van der Waals surface area contributed by atoms with E-state index < -0.39 is 0 Å². The number of aryl methyl sites for hydroxylation is 1. The summed E-state index contributed by atoms with van der Waals surface area (Å²) in [4.78, 5) is 9.69. The summed E-state index contributed by atoms with van der Waals surface area (Å²) in [5, 5.41) is 7.14. The Hall–Kier alpha value is -1.32. The van der Waals surface area contributed by atoms with Gasteiger partial charge in [-0.2, -0.15) is 4.98 Å². The summed E-state index contributed by atoms with van der Waals surface area (Å²) in [6.07, 6.45) is 22.0. The average molecular weight is 433 g/mol. The smallest absolute Gasteiger partial charge is 0.224 e. The van der Waals surface area contributed by atoms with Crippen LogP contribution in [0.1, 0.15) is 135 Å². The van der Waals surface area contributed by atoms with Gasteiger partial charge in [0.2, 0.25) is 5.95 Å². The third-order valence-electron chi connectivity index (χ3n) is 6.13. The van der Waals surface area contributed by atoms with Crippen molar-refractivity contribution in [3.05, 3.63) is 11.3 Å². The van der Waals surface area contributed by atoms with Crippen LogP contribution >= 0.6 is 0 Å². The van der Waals surface area contributed by atoms with Gasteiger partial charge in [0, 0.05) is 24.3 Å². The zero-order valence-corrected chi connectivity index (χ0v) is 21.3. The normalized spacial score (nSPS) is 11.1. The Morgan fingerprint density at radius 2 is 1.03 bits per heavy atom. The molecule has 4 heteroatoms. The molecule has 31 heavy (non-hydrogen) atoms. The van der Waals surface area contributed by atoms with E-state index in [0.717, 1.165) is 37.0 Å². The molecule has 0 saturated carbocycles. The molecular formula is C27H52N4. The van der Waals surface area contributed by atoms with Gasteiger partial charge in [0.05, 0.1) is 0 Å². The maximum atomic E-state index is 4.89. The molecule has 0 atom stereocenters. The summed E-state index contributed by atoms with van der Waals surface area (Å²) in [6.45, 7) is 11.0. The van der Waals surface area contributed by atoms with Crippen molar-refractivity contribution in [1.82, 2.24) is 9.97 Å². The summed E-state index contributed by atoms with van der Waals surface area (Å²) in [5.41, 5.74) is 2.47. The van der Waals surface area contributed by atoms with Crippen molar-refractivity contribution in [1.29, 1.82) is 0 Å². The molecule has 0 fully saturated rings. The van der Waals surface area contributed by atoms with Gasteiger partial charge in [-0.15, -0.1) is 0 Å². The fourth-order valence-electron chi connectivity index (χ4n) is 4.07. The fraction of sp³-hybridized carbons (Fsp3) is 0.852. The molecule has 1 heterocycles. The largest absolute Gasteiger partial charge is 0.370 e. The van der Waals surface area contributed by atoms with Crippen molar-refractivity contribution in [2.45, 2.75) is 137 Å². The molecule has 1 rings (SSSR count). The minimum Gasteiger partial charge on any atom is -0.370 e. The number of rotatable bonds is 21. The van der Waals surface area contributed by atoms with E-state index in [1.165, 1.54) is 108 Å². The van der Waals surface area contributed by atoms with Gasteiger partial charge in [-0.1, -0.05) is 104 Å². The van der Waals surface area contributed by atoms with Crippen LogP contribution in [-0.4, -0.2) is 23.1 Å². The van der Waals surface area contributed by atoms with Crippen molar-refractivity contribution in [2.24, 2.45) is 0 Å². The minimum absolute atomic E-state index is 0.800. The molecular weight excluding hydrogens is 380 g/mol. The number of nitrogens with zero attached hydrogens (tertiary/aromatic N) is 2. The number of anilines is 2. The second kappa shape index (κ2) is 19.4. The predicted octanol–water partition coefficient (Wildman–Crippen LogP) is 8.45. The van der Waals surface area contributed by atoms with Crippen LogP contribution in [0.25, 0.3) is 0 Å². The molecule has 1 aromatic heterocycles. The van der Waals surface area contributed by atoms with Gasteiger partial charge < -0.3 is 10.6 Å². The van der Waals surface area contributed by atoms with Crippen LogP contribution in [0.4, 0.5) is 11.8 Å². The average Bonchev–Trinajstić information content (AvgIpc) is 2.76.